The molecular formula is C30H61NO4. The Hall–Kier alpha value is -0.650. The Balaban J connectivity index is 3.73. The van der Waals surface area contributed by atoms with Crippen LogP contribution in [0, 0.1) is 0 Å². The average molecular weight is 500 g/mol. The first-order valence-electron chi connectivity index (χ1n) is 15.3. The maximum atomic E-state index is 12.3. The smallest absolute Gasteiger partial charge is 0.249 e. The lowest BCUT2D eigenvalue weighted by molar-refractivity contribution is -0.131. The predicted molar refractivity (Wildman–Crippen MR) is 149 cm³/mol. The average Bonchev–Trinajstić information content (AvgIpc) is 2.86. The summed E-state index contributed by atoms with van der Waals surface area (Å²) in [5.41, 5.74) is 0. The molecule has 35 heavy (non-hydrogen) atoms. The summed E-state index contributed by atoms with van der Waals surface area (Å²) in [5, 5.41) is 32.8. The molecule has 0 saturated heterocycles. The van der Waals surface area contributed by atoms with Crippen LogP contribution >= 0.6 is 0 Å². The van der Waals surface area contributed by atoms with Crippen LogP contribution in [0.15, 0.2) is 0 Å². The summed E-state index contributed by atoms with van der Waals surface area (Å²) in [6, 6.07) is -0.701. The van der Waals surface area contributed by atoms with Gasteiger partial charge in [0.05, 0.1) is 18.8 Å². The molecule has 0 aliphatic carbocycles. The number of aliphatic hydroxyl groups is 3. The van der Waals surface area contributed by atoms with E-state index in [1.54, 1.807) is 0 Å². The molecule has 5 nitrogen and oxygen atoms in total. The van der Waals surface area contributed by atoms with E-state index in [0.29, 0.717) is 12.8 Å². The minimum atomic E-state index is -1.06. The summed E-state index contributed by atoms with van der Waals surface area (Å²) >= 11 is 0. The van der Waals surface area contributed by atoms with Crippen molar-refractivity contribution in [3.8, 4) is 0 Å². The van der Waals surface area contributed by atoms with Crippen molar-refractivity contribution in [2.45, 2.75) is 180 Å². The first kappa shape index (κ1) is 34.4. The van der Waals surface area contributed by atoms with Gasteiger partial charge in [-0.3, -0.25) is 4.79 Å². The fraction of sp³-hybridized carbons (Fsp3) is 0.967. The molecule has 3 atom stereocenters. The first-order valence-corrected chi connectivity index (χ1v) is 15.3. The zero-order valence-corrected chi connectivity index (χ0v) is 23.5. The van der Waals surface area contributed by atoms with Gasteiger partial charge >= 0.3 is 0 Å². The lowest BCUT2D eigenvalue weighted by Crippen LogP contribution is -2.49. The second-order valence-corrected chi connectivity index (χ2v) is 10.7. The minimum Gasteiger partial charge on any atom is -0.394 e. The minimum absolute atomic E-state index is 0.310. The molecule has 0 aliphatic rings. The third-order valence-electron chi connectivity index (χ3n) is 7.23. The molecular weight excluding hydrogens is 438 g/mol. The van der Waals surface area contributed by atoms with Crippen LogP contribution in [0.4, 0.5) is 0 Å². The number of aliphatic hydroxyl groups excluding tert-OH is 3. The Morgan fingerprint density at radius 2 is 0.914 bits per heavy atom. The van der Waals surface area contributed by atoms with Gasteiger partial charge in [0.25, 0.3) is 0 Å². The zero-order valence-electron chi connectivity index (χ0n) is 23.5. The molecule has 0 heterocycles. The summed E-state index contributed by atoms with van der Waals surface area (Å²) in [5.74, 6) is -0.476. The van der Waals surface area contributed by atoms with Crippen molar-refractivity contribution in [2.75, 3.05) is 6.61 Å². The van der Waals surface area contributed by atoms with Gasteiger partial charge in [0.2, 0.25) is 5.91 Å². The monoisotopic (exact) mass is 499 g/mol. The van der Waals surface area contributed by atoms with Crippen LogP contribution in [0.2, 0.25) is 0 Å². The normalized spacial score (nSPS) is 14.1. The van der Waals surface area contributed by atoms with E-state index in [2.05, 4.69) is 19.2 Å². The Kier molecular flexibility index (Phi) is 25.9. The molecule has 4 N–H and O–H groups in total. The van der Waals surface area contributed by atoms with Crippen LogP contribution in [-0.2, 0) is 4.79 Å². The van der Waals surface area contributed by atoms with Gasteiger partial charge in [-0.15, -0.1) is 0 Å². The molecule has 0 fully saturated rings. The van der Waals surface area contributed by atoms with Crippen molar-refractivity contribution in [3.05, 3.63) is 0 Å². The standard InChI is InChI=1S/C30H61NO4/c1-3-5-7-9-11-13-14-15-16-17-19-20-22-24-28(33)27(26-32)31-30(35)29(34)25-23-21-18-12-10-8-6-4-2/h27-29,32-34H,3-26H2,1-2H3,(H,31,35)/t27-,28+,29+/m0/s1. The fourth-order valence-corrected chi connectivity index (χ4v) is 4.72. The summed E-state index contributed by atoms with van der Waals surface area (Å²) in [6.07, 6.45) is 25.1. The van der Waals surface area contributed by atoms with E-state index in [1.807, 2.05) is 0 Å². The number of hydrogen-bond donors (Lipinski definition) is 4. The van der Waals surface area contributed by atoms with Crippen LogP contribution < -0.4 is 5.32 Å². The molecule has 0 saturated carbocycles. The van der Waals surface area contributed by atoms with Crippen LogP contribution in [0.25, 0.3) is 0 Å². The molecule has 210 valence electrons. The van der Waals surface area contributed by atoms with Crippen molar-refractivity contribution >= 4 is 5.91 Å². The van der Waals surface area contributed by atoms with E-state index < -0.39 is 24.2 Å². The molecule has 0 bridgehead atoms. The first-order chi connectivity index (χ1) is 17.1. The van der Waals surface area contributed by atoms with Crippen LogP contribution in [-0.4, -0.2) is 46.1 Å². The number of carbonyl (C=O) groups excluding carboxylic acids is 1. The van der Waals surface area contributed by atoms with Gasteiger partial charge in [0.15, 0.2) is 0 Å². The molecule has 0 aromatic heterocycles. The van der Waals surface area contributed by atoms with Crippen LogP contribution in [0.1, 0.15) is 162 Å². The number of nitrogens with one attached hydrogen (secondary N) is 1. The highest BCUT2D eigenvalue weighted by Crippen LogP contribution is 2.15. The van der Waals surface area contributed by atoms with E-state index in [1.165, 1.54) is 103 Å². The predicted octanol–water partition coefficient (Wildman–Crippen LogP) is 7.20. The Morgan fingerprint density at radius 3 is 1.29 bits per heavy atom. The summed E-state index contributed by atoms with van der Waals surface area (Å²) < 4.78 is 0. The van der Waals surface area contributed by atoms with Crippen molar-refractivity contribution in [1.29, 1.82) is 0 Å². The Labute approximate surface area is 217 Å². The van der Waals surface area contributed by atoms with Crippen molar-refractivity contribution in [1.82, 2.24) is 5.32 Å². The maximum Gasteiger partial charge on any atom is 0.249 e. The quantitative estimate of drug-likeness (QED) is 0.0900. The van der Waals surface area contributed by atoms with Gasteiger partial charge in [-0.2, -0.15) is 0 Å². The largest absolute Gasteiger partial charge is 0.394 e. The molecule has 0 aliphatic heterocycles. The number of amides is 1. The molecule has 0 radical (unpaired) electrons. The summed E-state index contributed by atoms with van der Waals surface area (Å²) in [7, 11) is 0. The van der Waals surface area contributed by atoms with Crippen LogP contribution in [0.3, 0.4) is 0 Å². The van der Waals surface area contributed by atoms with Gasteiger partial charge in [0, 0.05) is 0 Å². The number of hydrogen-bond acceptors (Lipinski definition) is 4. The molecule has 0 rings (SSSR count). The van der Waals surface area contributed by atoms with Gasteiger partial charge < -0.3 is 20.6 Å². The van der Waals surface area contributed by atoms with E-state index in [9.17, 15) is 20.1 Å². The lowest BCUT2D eigenvalue weighted by Gasteiger charge is -2.23. The highest BCUT2D eigenvalue weighted by molar-refractivity contribution is 5.80. The second-order valence-electron chi connectivity index (χ2n) is 10.7. The van der Waals surface area contributed by atoms with E-state index in [0.717, 1.165) is 32.1 Å². The number of carbonyl (C=O) groups is 1. The molecule has 0 spiro atoms. The summed E-state index contributed by atoms with van der Waals surface area (Å²) in [6.45, 7) is 4.16. The van der Waals surface area contributed by atoms with Gasteiger partial charge in [-0.1, -0.05) is 149 Å². The van der Waals surface area contributed by atoms with Gasteiger partial charge in [-0.25, -0.2) is 0 Å². The fourth-order valence-electron chi connectivity index (χ4n) is 4.72. The highest BCUT2D eigenvalue weighted by Gasteiger charge is 2.23. The van der Waals surface area contributed by atoms with E-state index >= 15 is 0 Å². The second kappa shape index (κ2) is 26.4. The van der Waals surface area contributed by atoms with Crippen molar-refractivity contribution in [3.63, 3.8) is 0 Å². The topological polar surface area (TPSA) is 89.8 Å². The Morgan fingerprint density at radius 1 is 0.571 bits per heavy atom. The highest BCUT2D eigenvalue weighted by atomic mass is 16.3. The number of rotatable bonds is 27. The SMILES string of the molecule is CCCCCCCCCCCCCCC[C@@H](O)[C@H](CO)NC(=O)[C@H](O)CCCCCCCCCC. The Bertz CT molecular complexity index is 446. The van der Waals surface area contributed by atoms with E-state index in [-0.39, 0.29) is 6.61 Å². The summed E-state index contributed by atoms with van der Waals surface area (Å²) in [4.78, 5) is 12.3. The lowest BCUT2D eigenvalue weighted by atomic mass is 10.0. The molecule has 0 aromatic rings. The van der Waals surface area contributed by atoms with Gasteiger partial charge in [-0.05, 0) is 12.8 Å². The molecule has 5 heteroatoms. The zero-order chi connectivity index (χ0) is 26.0. The molecule has 0 unspecified atom stereocenters. The maximum absolute atomic E-state index is 12.3. The van der Waals surface area contributed by atoms with E-state index in [4.69, 9.17) is 0 Å². The van der Waals surface area contributed by atoms with Crippen molar-refractivity contribution < 1.29 is 20.1 Å². The number of unbranched alkanes of at least 4 members (excludes halogenated alkanes) is 19. The third kappa shape index (κ3) is 22.3. The third-order valence-corrected chi connectivity index (χ3v) is 7.23. The van der Waals surface area contributed by atoms with Crippen LogP contribution in [0.5, 0.6) is 0 Å². The van der Waals surface area contributed by atoms with Crippen molar-refractivity contribution in [2.24, 2.45) is 0 Å². The molecule has 0 aromatic carbocycles. The molecule has 1 amide bonds. The van der Waals surface area contributed by atoms with Gasteiger partial charge in [0.1, 0.15) is 6.10 Å².